The maximum Gasteiger partial charge on any atom is 0.416 e. The highest BCUT2D eigenvalue weighted by molar-refractivity contribution is 7.98. The smallest absolute Gasteiger partial charge is 0.337 e. The Balaban J connectivity index is 2.15. The van der Waals surface area contributed by atoms with E-state index < -0.39 is 11.7 Å². The summed E-state index contributed by atoms with van der Waals surface area (Å²) in [4.78, 5) is 25.5. The quantitative estimate of drug-likeness (QED) is 0.416. The fourth-order valence-corrected chi connectivity index (χ4v) is 3.69. The molecule has 0 saturated carbocycles. The third-order valence-electron chi connectivity index (χ3n) is 4.97. The third kappa shape index (κ3) is 7.50. The highest BCUT2D eigenvalue weighted by atomic mass is 32.2. The number of aryl methyl sites for hydroxylation is 2. The number of benzene rings is 1. The standard InChI is InChI=1S/C22H29F3N4OS/c1-15-19(16(2)27-21(26-15)31-5)9-10-20(30)29(12-11-28(3)4)14-17-7-6-8-18(13-17)22(23,24)25/h6-8,13H,9-12,14H2,1-5H3. The molecule has 0 radical (unpaired) electrons. The minimum atomic E-state index is -4.41. The Morgan fingerprint density at radius 2 is 1.74 bits per heavy atom. The largest absolute Gasteiger partial charge is 0.416 e. The molecule has 170 valence electrons. The van der Waals surface area contributed by atoms with Gasteiger partial charge in [0.25, 0.3) is 0 Å². The predicted molar refractivity (Wildman–Crippen MR) is 117 cm³/mol. The minimum absolute atomic E-state index is 0.105. The molecule has 0 aliphatic carbocycles. The number of carbonyl (C=O) groups is 1. The number of alkyl halides is 3. The van der Waals surface area contributed by atoms with Crippen LogP contribution in [0, 0.1) is 13.8 Å². The van der Waals surface area contributed by atoms with E-state index in [9.17, 15) is 18.0 Å². The van der Waals surface area contributed by atoms with Crippen molar-refractivity contribution < 1.29 is 18.0 Å². The van der Waals surface area contributed by atoms with Gasteiger partial charge in [-0.05, 0) is 63.9 Å². The van der Waals surface area contributed by atoms with Crippen molar-refractivity contribution in [3.05, 3.63) is 52.3 Å². The Labute approximate surface area is 186 Å². The summed E-state index contributed by atoms with van der Waals surface area (Å²) >= 11 is 1.47. The fraction of sp³-hybridized carbons (Fsp3) is 0.500. The molecule has 0 unspecified atom stereocenters. The Bertz CT molecular complexity index is 880. The molecular formula is C22H29F3N4OS. The lowest BCUT2D eigenvalue weighted by molar-refractivity contribution is -0.137. The monoisotopic (exact) mass is 454 g/mol. The van der Waals surface area contributed by atoms with Gasteiger partial charge in [-0.1, -0.05) is 23.9 Å². The number of rotatable bonds is 9. The number of carbonyl (C=O) groups excluding carboxylic acids is 1. The van der Waals surface area contributed by atoms with E-state index >= 15 is 0 Å². The molecule has 0 saturated heterocycles. The highest BCUT2D eigenvalue weighted by Crippen LogP contribution is 2.29. The van der Waals surface area contributed by atoms with E-state index in [1.807, 2.05) is 39.1 Å². The van der Waals surface area contributed by atoms with Crippen molar-refractivity contribution in [1.82, 2.24) is 19.8 Å². The fourth-order valence-electron chi connectivity index (χ4n) is 3.23. The molecule has 1 aromatic carbocycles. The van der Waals surface area contributed by atoms with E-state index in [0.29, 0.717) is 30.2 Å². The van der Waals surface area contributed by atoms with Crippen molar-refractivity contribution in [2.45, 2.75) is 44.6 Å². The Morgan fingerprint density at radius 1 is 1.10 bits per heavy atom. The van der Waals surface area contributed by atoms with Gasteiger partial charge in [0.05, 0.1) is 5.56 Å². The summed E-state index contributed by atoms with van der Waals surface area (Å²) in [7, 11) is 3.79. The van der Waals surface area contributed by atoms with Crippen LogP contribution in [0.25, 0.3) is 0 Å². The molecule has 0 N–H and O–H groups in total. The maximum atomic E-state index is 13.1. The average Bonchev–Trinajstić information content (AvgIpc) is 2.69. The molecule has 0 bridgehead atoms. The van der Waals surface area contributed by atoms with Crippen LogP contribution in [0.3, 0.4) is 0 Å². The summed E-state index contributed by atoms with van der Waals surface area (Å²) in [6.45, 7) is 4.99. The van der Waals surface area contributed by atoms with E-state index in [1.54, 1.807) is 11.0 Å². The summed E-state index contributed by atoms with van der Waals surface area (Å²) in [5.74, 6) is -0.105. The molecular weight excluding hydrogens is 425 g/mol. The van der Waals surface area contributed by atoms with Gasteiger partial charge in [0.2, 0.25) is 5.91 Å². The van der Waals surface area contributed by atoms with Crippen molar-refractivity contribution in [2.24, 2.45) is 0 Å². The van der Waals surface area contributed by atoms with Gasteiger partial charge in [0.1, 0.15) is 0 Å². The van der Waals surface area contributed by atoms with Gasteiger partial charge < -0.3 is 9.80 Å². The van der Waals surface area contributed by atoms with Crippen LogP contribution in [0.15, 0.2) is 29.4 Å². The average molecular weight is 455 g/mol. The zero-order chi connectivity index (χ0) is 23.2. The van der Waals surface area contributed by atoms with Gasteiger partial charge >= 0.3 is 6.18 Å². The first-order valence-electron chi connectivity index (χ1n) is 9.98. The number of aromatic nitrogens is 2. The Kier molecular flexibility index (Phi) is 8.88. The summed E-state index contributed by atoms with van der Waals surface area (Å²) in [5, 5.41) is 0.697. The first-order valence-corrected chi connectivity index (χ1v) is 11.2. The number of amides is 1. The number of likely N-dealkylation sites (N-methyl/N-ethyl adjacent to an activating group) is 1. The lowest BCUT2D eigenvalue weighted by Gasteiger charge is -2.25. The van der Waals surface area contributed by atoms with E-state index in [1.165, 1.54) is 17.8 Å². The van der Waals surface area contributed by atoms with Gasteiger partial charge in [0, 0.05) is 37.4 Å². The van der Waals surface area contributed by atoms with Crippen LogP contribution < -0.4 is 0 Å². The molecule has 0 spiro atoms. The zero-order valence-electron chi connectivity index (χ0n) is 18.6. The van der Waals surface area contributed by atoms with Crippen LogP contribution in [0.4, 0.5) is 13.2 Å². The van der Waals surface area contributed by atoms with E-state index in [4.69, 9.17) is 0 Å². The molecule has 0 fully saturated rings. The van der Waals surface area contributed by atoms with Crippen LogP contribution in [-0.4, -0.2) is 59.1 Å². The molecule has 1 amide bonds. The van der Waals surface area contributed by atoms with Crippen molar-refractivity contribution in [2.75, 3.05) is 33.4 Å². The molecule has 1 heterocycles. The van der Waals surface area contributed by atoms with Gasteiger partial charge in [-0.2, -0.15) is 13.2 Å². The SMILES string of the molecule is CSc1nc(C)c(CCC(=O)N(CCN(C)C)Cc2cccc(C(F)(F)F)c2)c(C)n1. The molecule has 0 aliphatic heterocycles. The van der Waals surface area contributed by atoms with Crippen LogP contribution in [0.2, 0.25) is 0 Å². The minimum Gasteiger partial charge on any atom is -0.337 e. The van der Waals surface area contributed by atoms with E-state index in [0.717, 1.165) is 29.1 Å². The summed E-state index contributed by atoms with van der Waals surface area (Å²) < 4.78 is 39.2. The van der Waals surface area contributed by atoms with E-state index in [-0.39, 0.29) is 18.9 Å². The van der Waals surface area contributed by atoms with Crippen molar-refractivity contribution >= 4 is 17.7 Å². The molecule has 0 aliphatic rings. The highest BCUT2D eigenvalue weighted by Gasteiger charge is 2.30. The molecule has 1 aromatic heterocycles. The van der Waals surface area contributed by atoms with Crippen molar-refractivity contribution in [3.8, 4) is 0 Å². The number of hydrogen-bond acceptors (Lipinski definition) is 5. The second-order valence-electron chi connectivity index (χ2n) is 7.68. The maximum absolute atomic E-state index is 13.1. The number of nitrogens with zero attached hydrogens (tertiary/aromatic N) is 4. The molecule has 0 atom stereocenters. The van der Waals surface area contributed by atoms with Crippen molar-refractivity contribution in [3.63, 3.8) is 0 Å². The number of thioether (sulfide) groups is 1. The van der Waals surface area contributed by atoms with Gasteiger partial charge in [-0.25, -0.2) is 9.97 Å². The van der Waals surface area contributed by atoms with Gasteiger partial charge in [-0.15, -0.1) is 0 Å². The van der Waals surface area contributed by atoms with Gasteiger partial charge in [0.15, 0.2) is 5.16 Å². The molecule has 2 rings (SSSR count). The first kappa shape index (κ1) is 25.1. The summed E-state index contributed by atoms with van der Waals surface area (Å²) in [5.41, 5.74) is 2.40. The number of halogens is 3. The zero-order valence-corrected chi connectivity index (χ0v) is 19.4. The summed E-state index contributed by atoms with van der Waals surface area (Å²) in [6, 6.07) is 5.15. The second-order valence-corrected chi connectivity index (χ2v) is 8.45. The normalized spacial score (nSPS) is 11.8. The molecule has 9 heteroatoms. The van der Waals surface area contributed by atoms with Crippen molar-refractivity contribution in [1.29, 1.82) is 0 Å². The Morgan fingerprint density at radius 3 is 2.29 bits per heavy atom. The van der Waals surface area contributed by atoms with Crippen LogP contribution in [0.5, 0.6) is 0 Å². The topological polar surface area (TPSA) is 49.3 Å². The number of hydrogen-bond donors (Lipinski definition) is 0. The molecule has 2 aromatic rings. The van der Waals surface area contributed by atoms with E-state index in [2.05, 4.69) is 9.97 Å². The van der Waals surface area contributed by atoms with Crippen LogP contribution in [0.1, 0.15) is 34.5 Å². The second kappa shape index (κ2) is 10.9. The lowest BCUT2D eigenvalue weighted by atomic mass is 10.1. The van der Waals surface area contributed by atoms with Gasteiger partial charge in [-0.3, -0.25) is 4.79 Å². The third-order valence-corrected chi connectivity index (χ3v) is 5.52. The van der Waals surface area contributed by atoms with Crippen LogP contribution >= 0.6 is 11.8 Å². The first-order chi connectivity index (χ1) is 14.5. The lowest BCUT2D eigenvalue weighted by Crippen LogP contribution is -2.36. The summed E-state index contributed by atoms with van der Waals surface area (Å²) in [6.07, 6.45) is -1.76. The molecule has 5 nitrogen and oxygen atoms in total. The van der Waals surface area contributed by atoms with Crippen LogP contribution in [-0.2, 0) is 23.9 Å². The molecule has 31 heavy (non-hydrogen) atoms. The predicted octanol–water partition coefficient (Wildman–Crippen LogP) is 4.36. The Hall–Kier alpha value is -2.13.